The molecule has 0 aromatic carbocycles. The van der Waals surface area contributed by atoms with Gasteiger partial charge in [-0.05, 0) is 80.1 Å². The maximum absolute atomic E-state index is 12.4. The molecule has 25 heavy (non-hydrogen) atoms. The van der Waals surface area contributed by atoms with Crippen LogP contribution in [0.1, 0.15) is 65.7 Å². The van der Waals surface area contributed by atoms with Gasteiger partial charge >= 0.3 is 0 Å². The summed E-state index contributed by atoms with van der Waals surface area (Å²) in [6.45, 7) is 6.35. The molecule has 3 nitrogen and oxygen atoms in total. The SMILES string of the molecule is CC(=O)[C@H]1C(C#N)C[C@H]2[C@@H]3CCC4=CC(=O)CC[C@]4(C)[C@H]3CC[C@]12C. The second-order valence-electron chi connectivity index (χ2n) is 9.57. The normalized spacial score (nSPS) is 48.6. The van der Waals surface area contributed by atoms with Crippen molar-refractivity contribution in [3.05, 3.63) is 11.6 Å². The summed E-state index contributed by atoms with van der Waals surface area (Å²) in [5.74, 6) is 2.03. The van der Waals surface area contributed by atoms with Crippen LogP contribution in [0, 0.1) is 51.8 Å². The van der Waals surface area contributed by atoms with Crippen molar-refractivity contribution in [2.75, 3.05) is 0 Å². The number of fused-ring (bicyclic) bond motifs is 5. The zero-order valence-corrected chi connectivity index (χ0v) is 15.7. The number of ketones is 2. The predicted octanol–water partition coefficient (Wildman–Crippen LogP) is 4.47. The fraction of sp³-hybridized carbons (Fsp3) is 0.773. The molecule has 7 atom stereocenters. The van der Waals surface area contributed by atoms with Crippen LogP contribution in [0.2, 0.25) is 0 Å². The first-order valence-electron chi connectivity index (χ1n) is 9.95. The molecule has 4 aliphatic carbocycles. The first-order chi connectivity index (χ1) is 11.8. The molecule has 134 valence electrons. The van der Waals surface area contributed by atoms with Crippen molar-refractivity contribution < 1.29 is 9.59 Å². The molecule has 3 heteroatoms. The van der Waals surface area contributed by atoms with Crippen LogP contribution in [0.4, 0.5) is 0 Å². The number of allylic oxidation sites excluding steroid dienone is 1. The Kier molecular flexibility index (Phi) is 3.76. The summed E-state index contributed by atoms with van der Waals surface area (Å²) >= 11 is 0. The Morgan fingerprint density at radius 2 is 1.96 bits per heavy atom. The lowest BCUT2D eigenvalue weighted by Crippen LogP contribution is -2.51. The molecule has 0 amide bonds. The maximum atomic E-state index is 12.4. The van der Waals surface area contributed by atoms with Crippen LogP contribution in [0.15, 0.2) is 11.6 Å². The van der Waals surface area contributed by atoms with Crippen molar-refractivity contribution >= 4 is 11.6 Å². The highest BCUT2D eigenvalue weighted by atomic mass is 16.1. The van der Waals surface area contributed by atoms with E-state index >= 15 is 0 Å². The number of nitrogens with zero attached hydrogens (tertiary/aromatic N) is 1. The number of Topliss-reactive ketones (excluding diaryl/α,β-unsaturated/α-hetero) is 1. The molecule has 0 N–H and O–H groups in total. The Morgan fingerprint density at radius 1 is 1.20 bits per heavy atom. The average Bonchev–Trinajstić information content (AvgIpc) is 2.88. The highest BCUT2D eigenvalue weighted by Gasteiger charge is 2.62. The largest absolute Gasteiger partial charge is 0.300 e. The third kappa shape index (κ3) is 2.22. The Labute approximate surface area is 150 Å². The van der Waals surface area contributed by atoms with Crippen LogP contribution in [-0.4, -0.2) is 11.6 Å². The number of rotatable bonds is 1. The summed E-state index contributed by atoms with van der Waals surface area (Å²) in [5, 5.41) is 9.66. The minimum Gasteiger partial charge on any atom is -0.300 e. The van der Waals surface area contributed by atoms with E-state index in [4.69, 9.17) is 0 Å². The predicted molar refractivity (Wildman–Crippen MR) is 95.4 cm³/mol. The van der Waals surface area contributed by atoms with Gasteiger partial charge in [0.05, 0.1) is 12.0 Å². The van der Waals surface area contributed by atoms with Crippen molar-refractivity contribution in [1.29, 1.82) is 5.26 Å². The van der Waals surface area contributed by atoms with Crippen molar-refractivity contribution in [1.82, 2.24) is 0 Å². The van der Waals surface area contributed by atoms with Crippen molar-refractivity contribution in [2.45, 2.75) is 65.7 Å². The van der Waals surface area contributed by atoms with E-state index in [1.54, 1.807) is 6.92 Å². The monoisotopic (exact) mass is 339 g/mol. The Bertz CT molecular complexity index is 701. The smallest absolute Gasteiger partial charge is 0.155 e. The van der Waals surface area contributed by atoms with Gasteiger partial charge in [-0.25, -0.2) is 0 Å². The molecule has 3 saturated carbocycles. The van der Waals surface area contributed by atoms with E-state index in [2.05, 4.69) is 19.9 Å². The minimum absolute atomic E-state index is 0.00450. The lowest BCUT2D eigenvalue weighted by molar-refractivity contribution is -0.129. The van der Waals surface area contributed by atoms with E-state index < -0.39 is 0 Å². The number of nitriles is 1. The van der Waals surface area contributed by atoms with Crippen LogP contribution in [0.25, 0.3) is 0 Å². The summed E-state index contributed by atoms with van der Waals surface area (Å²) in [6.07, 6.45) is 8.85. The van der Waals surface area contributed by atoms with E-state index in [1.807, 2.05) is 6.08 Å². The molecule has 0 spiro atoms. The molecule has 4 rings (SSSR count). The molecule has 4 aliphatic rings. The standard InChI is InChI=1S/C22H29NO2/c1-13(24)20-14(12-23)10-19-17-5-4-15-11-16(25)6-8-21(15,2)18(17)7-9-22(19,20)3/h11,14,17-20H,4-10H2,1-3H3/t14?,17-,18+,19+,20+,21+,22+/m1/s1. The van der Waals surface area contributed by atoms with Crippen LogP contribution in [-0.2, 0) is 9.59 Å². The summed E-state index contributed by atoms with van der Waals surface area (Å²) in [6, 6.07) is 2.47. The number of hydrogen-bond acceptors (Lipinski definition) is 3. The van der Waals surface area contributed by atoms with E-state index in [9.17, 15) is 14.9 Å². The number of carbonyl (C=O) groups excluding carboxylic acids is 2. The Morgan fingerprint density at radius 3 is 2.64 bits per heavy atom. The van der Waals surface area contributed by atoms with Gasteiger partial charge in [0.1, 0.15) is 5.78 Å². The minimum atomic E-state index is -0.107. The third-order valence-electron chi connectivity index (χ3n) is 8.62. The van der Waals surface area contributed by atoms with Gasteiger partial charge in [-0.1, -0.05) is 19.4 Å². The molecule has 0 radical (unpaired) electrons. The fourth-order valence-corrected chi connectivity index (χ4v) is 7.48. The molecule has 0 heterocycles. The van der Waals surface area contributed by atoms with E-state index in [-0.39, 0.29) is 28.4 Å². The fourth-order valence-electron chi connectivity index (χ4n) is 7.48. The Balaban J connectivity index is 1.70. The summed E-state index contributed by atoms with van der Waals surface area (Å²) in [5.41, 5.74) is 1.54. The van der Waals surface area contributed by atoms with Crippen molar-refractivity contribution in [3.63, 3.8) is 0 Å². The highest BCUT2D eigenvalue weighted by molar-refractivity contribution is 5.91. The molecule has 0 aromatic heterocycles. The summed E-state index contributed by atoms with van der Waals surface area (Å²) < 4.78 is 0. The van der Waals surface area contributed by atoms with E-state index in [1.165, 1.54) is 5.57 Å². The lowest BCUT2D eigenvalue weighted by Gasteiger charge is -2.58. The molecular weight excluding hydrogens is 310 g/mol. The van der Waals surface area contributed by atoms with Crippen LogP contribution < -0.4 is 0 Å². The quantitative estimate of drug-likeness (QED) is 0.708. The first-order valence-corrected chi connectivity index (χ1v) is 9.95. The van der Waals surface area contributed by atoms with E-state index in [0.29, 0.717) is 30.0 Å². The van der Waals surface area contributed by atoms with Crippen molar-refractivity contribution in [2.24, 2.45) is 40.4 Å². The van der Waals surface area contributed by atoms with Gasteiger partial charge in [-0.15, -0.1) is 0 Å². The molecule has 1 unspecified atom stereocenters. The molecular formula is C22H29NO2. The summed E-state index contributed by atoms with van der Waals surface area (Å²) in [7, 11) is 0. The molecule has 0 saturated heterocycles. The van der Waals surface area contributed by atoms with Gasteiger partial charge in [0.2, 0.25) is 0 Å². The van der Waals surface area contributed by atoms with Gasteiger partial charge in [0.15, 0.2) is 5.78 Å². The zero-order valence-electron chi connectivity index (χ0n) is 15.7. The maximum Gasteiger partial charge on any atom is 0.155 e. The van der Waals surface area contributed by atoms with Crippen molar-refractivity contribution in [3.8, 4) is 6.07 Å². The molecule has 0 aromatic rings. The lowest BCUT2D eigenvalue weighted by atomic mass is 9.46. The second kappa shape index (κ2) is 5.53. The molecule has 0 bridgehead atoms. The van der Waals surface area contributed by atoms with Crippen LogP contribution >= 0.6 is 0 Å². The molecule has 3 fully saturated rings. The third-order valence-corrected chi connectivity index (χ3v) is 8.62. The Hall–Kier alpha value is -1.43. The van der Waals surface area contributed by atoms with Gasteiger partial charge in [-0.2, -0.15) is 5.26 Å². The van der Waals surface area contributed by atoms with Crippen LogP contribution in [0.5, 0.6) is 0 Å². The number of carbonyl (C=O) groups is 2. The topological polar surface area (TPSA) is 57.9 Å². The summed E-state index contributed by atoms with van der Waals surface area (Å²) in [4.78, 5) is 24.3. The van der Waals surface area contributed by atoms with Crippen LogP contribution in [0.3, 0.4) is 0 Å². The van der Waals surface area contributed by atoms with Gasteiger partial charge in [-0.3, -0.25) is 9.59 Å². The second-order valence-corrected chi connectivity index (χ2v) is 9.57. The molecule has 0 aliphatic heterocycles. The average molecular weight is 339 g/mol. The first kappa shape index (κ1) is 17.0. The van der Waals surface area contributed by atoms with Gasteiger partial charge in [0.25, 0.3) is 0 Å². The number of hydrogen-bond donors (Lipinski definition) is 0. The van der Waals surface area contributed by atoms with Gasteiger partial charge < -0.3 is 0 Å². The highest BCUT2D eigenvalue weighted by Crippen LogP contribution is 2.67. The van der Waals surface area contributed by atoms with E-state index in [0.717, 1.165) is 38.5 Å². The zero-order chi connectivity index (χ0) is 18.0. The van der Waals surface area contributed by atoms with Gasteiger partial charge in [0, 0.05) is 12.3 Å².